The molecule has 1 aromatic rings. The van der Waals surface area contributed by atoms with Crippen molar-refractivity contribution in [3.8, 4) is 5.75 Å². The standard InChI is InChI=1S/C13H20N2O/c1-10(12-9-14-7-8-15-12)11-5-3-4-6-13(11)16-2/h3-6,10,12,14-15H,7-9H2,1-2H3/t10?,12-/m1/s1. The number of methoxy groups -OCH3 is 1. The van der Waals surface area contributed by atoms with E-state index in [1.807, 2.05) is 12.1 Å². The van der Waals surface area contributed by atoms with E-state index in [0.29, 0.717) is 12.0 Å². The van der Waals surface area contributed by atoms with E-state index >= 15 is 0 Å². The smallest absolute Gasteiger partial charge is 0.122 e. The van der Waals surface area contributed by atoms with Crippen LogP contribution in [0.3, 0.4) is 0 Å². The number of benzene rings is 1. The molecule has 2 atom stereocenters. The molecule has 0 amide bonds. The van der Waals surface area contributed by atoms with Crippen molar-refractivity contribution in [1.29, 1.82) is 0 Å². The van der Waals surface area contributed by atoms with E-state index in [4.69, 9.17) is 4.74 Å². The van der Waals surface area contributed by atoms with Crippen LogP contribution in [0.2, 0.25) is 0 Å². The Balaban J connectivity index is 2.15. The van der Waals surface area contributed by atoms with Crippen molar-refractivity contribution < 1.29 is 4.74 Å². The zero-order valence-corrected chi connectivity index (χ0v) is 9.99. The zero-order valence-electron chi connectivity index (χ0n) is 9.99. The van der Waals surface area contributed by atoms with Gasteiger partial charge >= 0.3 is 0 Å². The molecule has 0 bridgehead atoms. The molecule has 1 unspecified atom stereocenters. The van der Waals surface area contributed by atoms with Gasteiger partial charge in [-0.15, -0.1) is 0 Å². The lowest BCUT2D eigenvalue weighted by atomic mass is 9.91. The summed E-state index contributed by atoms with van der Waals surface area (Å²) in [5.41, 5.74) is 1.28. The number of nitrogens with one attached hydrogen (secondary N) is 2. The average molecular weight is 220 g/mol. The molecule has 0 saturated carbocycles. The molecule has 1 aliphatic heterocycles. The molecule has 3 nitrogen and oxygen atoms in total. The SMILES string of the molecule is COc1ccccc1C(C)[C@H]1CNCCN1. The molecule has 1 heterocycles. The van der Waals surface area contributed by atoms with E-state index in [2.05, 4.69) is 29.7 Å². The third-order valence-corrected chi connectivity index (χ3v) is 3.31. The second-order valence-corrected chi connectivity index (χ2v) is 4.30. The minimum atomic E-state index is 0.462. The maximum Gasteiger partial charge on any atom is 0.122 e. The molecule has 1 saturated heterocycles. The zero-order chi connectivity index (χ0) is 11.4. The summed E-state index contributed by atoms with van der Waals surface area (Å²) < 4.78 is 5.41. The van der Waals surface area contributed by atoms with Gasteiger partial charge in [0.1, 0.15) is 5.75 Å². The highest BCUT2D eigenvalue weighted by atomic mass is 16.5. The minimum Gasteiger partial charge on any atom is -0.496 e. The summed E-state index contributed by atoms with van der Waals surface area (Å²) in [6.45, 7) is 5.39. The van der Waals surface area contributed by atoms with Crippen LogP contribution in [0.1, 0.15) is 18.4 Å². The van der Waals surface area contributed by atoms with Crippen LogP contribution in [0.15, 0.2) is 24.3 Å². The quantitative estimate of drug-likeness (QED) is 0.807. The highest BCUT2D eigenvalue weighted by Gasteiger charge is 2.22. The maximum atomic E-state index is 5.41. The van der Waals surface area contributed by atoms with Gasteiger partial charge in [-0.2, -0.15) is 0 Å². The molecule has 0 aromatic heterocycles. The highest BCUT2D eigenvalue weighted by Crippen LogP contribution is 2.28. The molecule has 2 rings (SSSR count). The van der Waals surface area contributed by atoms with E-state index in [9.17, 15) is 0 Å². The second-order valence-electron chi connectivity index (χ2n) is 4.30. The van der Waals surface area contributed by atoms with Crippen molar-refractivity contribution in [1.82, 2.24) is 10.6 Å². The third-order valence-electron chi connectivity index (χ3n) is 3.31. The van der Waals surface area contributed by atoms with Crippen LogP contribution in [0.4, 0.5) is 0 Å². The molecule has 0 radical (unpaired) electrons. The van der Waals surface area contributed by atoms with E-state index < -0.39 is 0 Å². The van der Waals surface area contributed by atoms with Crippen molar-refractivity contribution in [2.75, 3.05) is 26.7 Å². The van der Waals surface area contributed by atoms with Gasteiger partial charge in [-0.25, -0.2) is 0 Å². The van der Waals surface area contributed by atoms with E-state index in [0.717, 1.165) is 25.4 Å². The van der Waals surface area contributed by atoms with Crippen LogP contribution in [0.5, 0.6) is 5.75 Å². The normalized spacial score (nSPS) is 22.8. The fourth-order valence-electron chi connectivity index (χ4n) is 2.29. The fraction of sp³-hybridized carbons (Fsp3) is 0.538. The summed E-state index contributed by atoms with van der Waals surface area (Å²) in [6.07, 6.45) is 0. The van der Waals surface area contributed by atoms with Gasteiger partial charge in [-0.1, -0.05) is 25.1 Å². The van der Waals surface area contributed by atoms with Gasteiger partial charge in [-0.3, -0.25) is 0 Å². The van der Waals surface area contributed by atoms with Gasteiger partial charge in [0.2, 0.25) is 0 Å². The van der Waals surface area contributed by atoms with Gasteiger partial charge in [0.15, 0.2) is 0 Å². The average Bonchev–Trinajstić information content (AvgIpc) is 2.39. The Bertz CT molecular complexity index is 334. The number of para-hydroxylation sites is 1. The molecule has 3 heteroatoms. The lowest BCUT2D eigenvalue weighted by molar-refractivity contribution is 0.362. The highest BCUT2D eigenvalue weighted by molar-refractivity contribution is 5.36. The molecule has 1 aliphatic rings. The van der Waals surface area contributed by atoms with Crippen molar-refractivity contribution in [2.45, 2.75) is 18.9 Å². The lowest BCUT2D eigenvalue weighted by Crippen LogP contribution is -2.50. The predicted molar refractivity (Wildman–Crippen MR) is 66.1 cm³/mol. The Morgan fingerprint density at radius 2 is 2.12 bits per heavy atom. The topological polar surface area (TPSA) is 33.3 Å². The molecule has 2 N–H and O–H groups in total. The predicted octanol–water partition coefficient (Wildman–Crippen LogP) is 1.36. The first kappa shape index (κ1) is 11.4. The molecule has 0 aliphatic carbocycles. The van der Waals surface area contributed by atoms with E-state index in [1.165, 1.54) is 5.56 Å². The van der Waals surface area contributed by atoms with Crippen molar-refractivity contribution in [3.63, 3.8) is 0 Å². The summed E-state index contributed by atoms with van der Waals surface area (Å²) >= 11 is 0. The van der Waals surface area contributed by atoms with Crippen LogP contribution >= 0.6 is 0 Å². The van der Waals surface area contributed by atoms with E-state index in [1.54, 1.807) is 7.11 Å². The first-order chi connectivity index (χ1) is 7.83. The Hall–Kier alpha value is -1.06. The largest absolute Gasteiger partial charge is 0.496 e. The number of hydrogen-bond acceptors (Lipinski definition) is 3. The Labute approximate surface area is 97.2 Å². The van der Waals surface area contributed by atoms with Gasteiger partial charge in [-0.05, 0) is 11.6 Å². The molecule has 1 aromatic carbocycles. The summed E-state index contributed by atoms with van der Waals surface area (Å²) in [4.78, 5) is 0. The summed E-state index contributed by atoms with van der Waals surface area (Å²) in [6, 6.07) is 8.76. The number of ether oxygens (including phenoxy) is 1. The number of hydrogen-bond donors (Lipinski definition) is 2. The molecule has 16 heavy (non-hydrogen) atoms. The van der Waals surface area contributed by atoms with Crippen molar-refractivity contribution >= 4 is 0 Å². The van der Waals surface area contributed by atoms with Crippen LogP contribution in [-0.2, 0) is 0 Å². The van der Waals surface area contributed by atoms with Crippen molar-refractivity contribution in [3.05, 3.63) is 29.8 Å². The number of piperazine rings is 1. The molecule has 88 valence electrons. The molecule has 0 spiro atoms. The maximum absolute atomic E-state index is 5.41. The monoisotopic (exact) mass is 220 g/mol. The second kappa shape index (κ2) is 5.32. The molecular weight excluding hydrogens is 200 g/mol. The van der Waals surface area contributed by atoms with Crippen LogP contribution < -0.4 is 15.4 Å². The third kappa shape index (κ3) is 2.36. The Morgan fingerprint density at radius 3 is 2.81 bits per heavy atom. The lowest BCUT2D eigenvalue weighted by Gasteiger charge is -2.30. The van der Waals surface area contributed by atoms with Crippen LogP contribution in [0.25, 0.3) is 0 Å². The van der Waals surface area contributed by atoms with Gasteiger partial charge in [0.25, 0.3) is 0 Å². The summed E-state index contributed by atoms with van der Waals surface area (Å²) in [5.74, 6) is 1.45. The number of rotatable bonds is 3. The first-order valence-electron chi connectivity index (χ1n) is 5.90. The Kier molecular flexibility index (Phi) is 3.80. The van der Waals surface area contributed by atoms with Crippen molar-refractivity contribution in [2.24, 2.45) is 0 Å². The van der Waals surface area contributed by atoms with Gasteiger partial charge in [0, 0.05) is 31.6 Å². The van der Waals surface area contributed by atoms with Gasteiger partial charge < -0.3 is 15.4 Å². The molecular formula is C13H20N2O. The van der Waals surface area contributed by atoms with Crippen LogP contribution in [0, 0.1) is 0 Å². The first-order valence-corrected chi connectivity index (χ1v) is 5.90. The minimum absolute atomic E-state index is 0.462. The van der Waals surface area contributed by atoms with Gasteiger partial charge in [0.05, 0.1) is 7.11 Å². The summed E-state index contributed by atoms with van der Waals surface area (Å²) in [7, 11) is 1.73. The molecule has 1 fully saturated rings. The summed E-state index contributed by atoms with van der Waals surface area (Å²) in [5, 5.41) is 6.97. The fourth-order valence-corrected chi connectivity index (χ4v) is 2.29. The Morgan fingerprint density at radius 1 is 1.31 bits per heavy atom. The van der Waals surface area contributed by atoms with E-state index in [-0.39, 0.29) is 0 Å². The van der Waals surface area contributed by atoms with Crippen LogP contribution in [-0.4, -0.2) is 32.8 Å².